The average molecular weight is 407 g/mol. The van der Waals surface area contributed by atoms with E-state index in [4.69, 9.17) is 9.15 Å². The zero-order chi connectivity index (χ0) is 21.3. The van der Waals surface area contributed by atoms with Crippen LogP contribution in [0, 0.1) is 0 Å². The molecule has 0 radical (unpaired) electrons. The van der Waals surface area contributed by atoms with Crippen molar-refractivity contribution in [2.24, 2.45) is 0 Å². The molecule has 4 rings (SSSR count). The highest BCUT2D eigenvalue weighted by molar-refractivity contribution is 5.94. The normalized spacial score (nSPS) is 17.1. The highest BCUT2D eigenvalue weighted by atomic mass is 16.5. The van der Waals surface area contributed by atoms with Gasteiger partial charge in [0.1, 0.15) is 17.4 Å². The smallest absolute Gasteiger partial charge is 0.336 e. The van der Waals surface area contributed by atoms with Gasteiger partial charge in [-0.2, -0.15) is 0 Å². The molecule has 3 aromatic rings. The molecule has 0 bridgehead atoms. The molecule has 0 aliphatic carbocycles. The van der Waals surface area contributed by atoms with Crippen LogP contribution in [0.2, 0.25) is 0 Å². The first-order valence-electron chi connectivity index (χ1n) is 9.77. The summed E-state index contributed by atoms with van der Waals surface area (Å²) in [7, 11) is 0. The maximum Gasteiger partial charge on any atom is 0.336 e. The molecule has 0 saturated carbocycles. The van der Waals surface area contributed by atoms with Gasteiger partial charge in [0.15, 0.2) is 6.10 Å². The van der Waals surface area contributed by atoms with Gasteiger partial charge in [-0.15, -0.1) is 0 Å². The highest BCUT2D eigenvalue weighted by Gasteiger charge is 2.36. The number of aliphatic carboxylic acids is 1. The van der Waals surface area contributed by atoms with Gasteiger partial charge in [-0.05, 0) is 43.0 Å². The average Bonchev–Trinajstić information content (AvgIpc) is 3.23. The van der Waals surface area contributed by atoms with E-state index < -0.39 is 23.7 Å². The Balaban J connectivity index is 1.60. The number of fused-ring (bicyclic) bond motifs is 1. The fourth-order valence-corrected chi connectivity index (χ4v) is 3.85. The van der Waals surface area contributed by atoms with Crippen molar-refractivity contribution >= 4 is 22.8 Å². The molecule has 0 spiro atoms. The number of rotatable bonds is 5. The van der Waals surface area contributed by atoms with Gasteiger partial charge in [-0.3, -0.25) is 4.79 Å². The SMILES string of the molecule is C[C@H](Oc1ccc2c(-c3ccccc3)cc(=O)oc2c1)C(=O)N1CCC[C@@H]1C(=O)O. The van der Waals surface area contributed by atoms with Crippen molar-refractivity contribution in [2.45, 2.75) is 31.9 Å². The molecule has 2 atom stereocenters. The molecule has 30 heavy (non-hydrogen) atoms. The van der Waals surface area contributed by atoms with Crippen molar-refractivity contribution in [1.29, 1.82) is 0 Å². The number of nitrogens with zero attached hydrogens (tertiary/aromatic N) is 1. The molecule has 1 saturated heterocycles. The largest absolute Gasteiger partial charge is 0.481 e. The van der Waals surface area contributed by atoms with Crippen molar-refractivity contribution in [3.63, 3.8) is 0 Å². The van der Waals surface area contributed by atoms with Crippen LogP contribution in [-0.4, -0.2) is 40.6 Å². The van der Waals surface area contributed by atoms with Crippen LogP contribution >= 0.6 is 0 Å². The first-order valence-corrected chi connectivity index (χ1v) is 9.77. The van der Waals surface area contributed by atoms with Crippen LogP contribution in [0.1, 0.15) is 19.8 Å². The first-order chi connectivity index (χ1) is 14.4. The standard InChI is InChI=1S/C23H21NO6/c1-14(22(26)24-11-5-8-19(24)23(27)28)29-16-9-10-17-18(15-6-3-2-4-7-15)13-21(25)30-20(17)12-16/h2-4,6-7,9-10,12-14,19H,5,8,11H2,1H3,(H,27,28)/t14-,19+/m0/s1. The molecule has 1 aliphatic rings. The van der Waals surface area contributed by atoms with Gasteiger partial charge < -0.3 is 19.2 Å². The second kappa shape index (κ2) is 8.02. The third-order valence-electron chi connectivity index (χ3n) is 5.28. The lowest BCUT2D eigenvalue weighted by Crippen LogP contribution is -2.46. The predicted octanol–water partition coefficient (Wildman–Crippen LogP) is 3.30. The summed E-state index contributed by atoms with van der Waals surface area (Å²) in [5, 5.41) is 10.0. The summed E-state index contributed by atoms with van der Waals surface area (Å²) in [5.41, 5.74) is 1.51. The van der Waals surface area contributed by atoms with E-state index >= 15 is 0 Å². The van der Waals surface area contributed by atoms with E-state index in [2.05, 4.69) is 0 Å². The van der Waals surface area contributed by atoms with Crippen LogP contribution in [-0.2, 0) is 9.59 Å². The van der Waals surface area contributed by atoms with Gasteiger partial charge in [0.05, 0.1) is 0 Å². The van der Waals surface area contributed by atoms with Crippen molar-refractivity contribution in [3.05, 3.63) is 65.0 Å². The third kappa shape index (κ3) is 3.78. The molecule has 1 N–H and O–H groups in total. The van der Waals surface area contributed by atoms with Crippen LogP contribution in [0.4, 0.5) is 0 Å². The number of carbonyl (C=O) groups is 2. The van der Waals surface area contributed by atoms with Crippen LogP contribution in [0.15, 0.2) is 63.8 Å². The molecule has 1 aromatic heterocycles. The monoisotopic (exact) mass is 407 g/mol. The van der Waals surface area contributed by atoms with Gasteiger partial charge >= 0.3 is 11.6 Å². The molecule has 0 unspecified atom stereocenters. The number of likely N-dealkylation sites (tertiary alicyclic amines) is 1. The second-order valence-corrected chi connectivity index (χ2v) is 7.29. The Bertz CT molecular complexity index is 1150. The minimum atomic E-state index is -1.01. The van der Waals surface area contributed by atoms with Gasteiger partial charge in [0, 0.05) is 24.1 Å². The lowest BCUT2D eigenvalue weighted by atomic mass is 10.0. The van der Waals surface area contributed by atoms with Crippen molar-refractivity contribution in [2.75, 3.05) is 6.54 Å². The molecule has 7 heteroatoms. The number of hydrogen-bond donors (Lipinski definition) is 1. The van der Waals surface area contributed by atoms with E-state index in [1.54, 1.807) is 25.1 Å². The lowest BCUT2D eigenvalue weighted by Gasteiger charge is -2.25. The minimum absolute atomic E-state index is 0.350. The Hall–Kier alpha value is -3.61. The maximum absolute atomic E-state index is 12.7. The Morgan fingerprint density at radius 3 is 2.67 bits per heavy atom. The summed E-state index contributed by atoms with van der Waals surface area (Å²) in [6.07, 6.45) is 0.224. The number of ether oxygens (including phenoxy) is 1. The quantitative estimate of drug-likeness (QED) is 0.652. The molecular formula is C23H21NO6. The van der Waals surface area contributed by atoms with Crippen LogP contribution in [0.5, 0.6) is 5.75 Å². The van der Waals surface area contributed by atoms with E-state index in [-0.39, 0.29) is 5.91 Å². The number of carboxylic acid groups (broad SMARTS) is 1. The molecule has 154 valence electrons. The predicted molar refractivity (Wildman–Crippen MR) is 110 cm³/mol. The Kier molecular flexibility index (Phi) is 5.27. The Labute approximate surface area is 172 Å². The summed E-state index contributed by atoms with van der Waals surface area (Å²) < 4.78 is 11.1. The minimum Gasteiger partial charge on any atom is -0.481 e. The summed E-state index contributed by atoms with van der Waals surface area (Å²) in [6, 6.07) is 15.2. The molecule has 2 heterocycles. The molecule has 1 fully saturated rings. The Morgan fingerprint density at radius 1 is 1.17 bits per heavy atom. The summed E-state index contributed by atoms with van der Waals surface area (Å²) in [5.74, 6) is -1.02. The number of hydrogen-bond acceptors (Lipinski definition) is 5. The van der Waals surface area contributed by atoms with E-state index in [1.165, 1.54) is 11.0 Å². The van der Waals surface area contributed by atoms with Gasteiger partial charge in [0.2, 0.25) is 0 Å². The van der Waals surface area contributed by atoms with Crippen molar-refractivity contribution in [3.8, 4) is 16.9 Å². The fourth-order valence-electron chi connectivity index (χ4n) is 3.85. The molecule has 1 amide bonds. The fraction of sp³-hybridized carbons (Fsp3) is 0.261. The van der Waals surface area contributed by atoms with Crippen LogP contribution in [0.3, 0.4) is 0 Å². The van der Waals surface area contributed by atoms with Crippen molar-refractivity contribution in [1.82, 2.24) is 4.90 Å². The first kappa shape index (κ1) is 19.7. The lowest BCUT2D eigenvalue weighted by molar-refractivity contribution is -0.150. The number of carboxylic acids is 1. The number of amides is 1. The summed E-state index contributed by atoms with van der Waals surface area (Å²) in [6.45, 7) is 1.98. The van der Waals surface area contributed by atoms with E-state index in [1.807, 2.05) is 30.3 Å². The van der Waals surface area contributed by atoms with Gasteiger partial charge in [-0.25, -0.2) is 9.59 Å². The van der Waals surface area contributed by atoms with E-state index in [9.17, 15) is 19.5 Å². The second-order valence-electron chi connectivity index (χ2n) is 7.29. The number of carbonyl (C=O) groups excluding carboxylic acids is 1. The zero-order valence-electron chi connectivity index (χ0n) is 16.4. The summed E-state index contributed by atoms with van der Waals surface area (Å²) in [4.78, 5) is 37.5. The molecular weight excluding hydrogens is 386 g/mol. The van der Waals surface area contributed by atoms with Crippen LogP contribution in [0.25, 0.3) is 22.1 Å². The van der Waals surface area contributed by atoms with Crippen molar-refractivity contribution < 1.29 is 23.8 Å². The maximum atomic E-state index is 12.7. The summed E-state index contributed by atoms with van der Waals surface area (Å²) >= 11 is 0. The molecule has 2 aromatic carbocycles. The topological polar surface area (TPSA) is 97.0 Å². The highest BCUT2D eigenvalue weighted by Crippen LogP contribution is 2.30. The van der Waals surface area contributed by atoms with E-state index in [0.717, 1.165) is 16.5 Å². The molecule has 1 aliphatic heterocycles. The third-order valence-corrected chi connectivity index (χ3v) is 5.28. The van der Waals surface area contributed by atoms with Crippen LogP contribution < -0.4 is 10.4 Å². The van der Waals surface area contributed by atoms with E-state index in [0.29, 0.717) is 30.7 Å². The zero-order valence-corrected chi connectivity index (χ0v) is 16.4. The van der Waals surface area contributed by atoms with Gasteiger partial charge in [0.25, 0.3) is 5.91 Å². The molecule has 7 nitrogen and oxygen atoms in total. The Morgan fingerprint density at radius 2 is 1.93 bits per heavy atom. The number of benzene rings is 2. The van der Waals surface area contributed by atoms with Gasteiger partial charge in [-0.1, -0.05) is 30.3 Å².